The zero-order valence-corrected chi connectivity index (χ0v) is 13.0. The van der Waals surface area contributed by atoms with Gasteiger partial charge in [-0.25, -0.2) is 0 Å². The van der Waals surface area contributed by atoms with Crippen molar-refractivity contribution in [1.82, 2.24) is 0 Å². The van der Waals surface area contributed by atoms with Gasteiger partial charge in [-0.15, -0.1) is 6.58 Å². The van der Waals surface area contributed by atoms with Crippen LogP contribution in [0.5, 0.6) is 5.75 Å². The third-order valence-corrected chi connectivity index (χ3v) is 5.63. The van der Waals surface area contributed by atoms with Crippen LogP contribution in [0.4, 0.5) is 0 Å². The molecule has 1 heteroatoms. The monoisotopic (exact) mass is 290 g/mol. The number of allylic oxidation sites excluding steroid dienone is 6. The van der Waals surface area contributed by atoms with Crippen LogP contribution < -0.4 is 4.74 Å². The number of para-hydroxylation sites is 1. The fourth-order valence-electron chi connectivity index (χ4n) is 4.56. The molecule has 0 radical (unpaired) electrons. The lowest BCUT2D eigenvalue weighted by Gasteiger charge is -2.56. The van der Waals surface area contributed by atoms with Crippen molar-refractivity contribution in [3.63, 3.8) is 0 Å². The first-order valence-electron chi connectivity index (χ1n) is 8.17. The van der Waals surface area contributed by atoms with E-state index in [1.54, 1.807) is 5.57 Å². The lowest BCUT2D eigenvalue weighted by molar-refractivity contribution is 0.0686. The first kappa shape index (κ1) is 13.6. The molecule has 5 atom stereocenters. The standard InChI is InChI=1S/C21H22O/c1-4-15-19-14(3)22-18-12-8-7-11-17(18)21(19)20(15)16-10-6-5-9-13(16)2/h4-8,10-13,15,19-21H,1,3,9H2,2H3/t13?,15-,19?,20+,21?/m0/s1. The Hall–Kier alpha value is -2.02. The highest BCUT2D eigenvalue weighted by Crippen LogP contribution is 2.63. The minimum absolute atomic E-state index is 0.372. The summed E-state index contributed by atoms with van der Waals surface area (Å²) in [5, 5.41) is 0. The van der Waals surface area contributed by atoms with Crippen LogP contribution >= 0.6 is 0 Å². The van der Waals surface area contributed by atoms with Crippen LogP contribution in [0, 0.1) is 23.7 Å². The molecule has 0 aromatic heterocycles. The fourth-order valence-corrected chi connectivity index (χ4v) is 4.56. The quantitative estimate of drug-likeness (QED) is 0.676. The third kappa shape index (κ3) is 1.78. The molecule has 112 valence electrons. The molecule has 4 rings (SSSR count). The number of rotatable bonds is 2. The van der Waals surface area contributed by atoms with E-state index < -0.39 is 0 Å². The van der Waals surface area contributed by atoms with Gasteiger partial charge in [0.05, 0.1) is 0 Å². The van der Waals surface area contributed by atoms with Crippen molar-refractivity contribution in [2.45, 2.75) is 19.3 Å². The maximum atomic E-state index is 5.98. The van der Waals surface area contributed by atoms with Crippen molar-refractivity contribution in [1.29, 1.82) is 0 Å². The SMILES string of the molecule is C=C[C@H]1C2C(=C)Oc3ccccc3C2[C@H]1C1=CC=CCC1C. The van der Waals surface area contributed by atoms with Crippen LogP contribution in [-0.2, 0) is 0 Å². The third-order valence-electron chi connectivity index (χ3n) is 5.63. The molecule has 0 bridgehead atoms. The highest BCUT2D eigenvalue weighted by molar-refractivity contribution is 5.48. The number of hydrogen-bond donors (Lipinski definition) is 0. The number of benzene rings is 1. The van der Waals surface area contributed by atoms with E-state index in [1.807, 2.05) is 6.07 Å². The summed E-state index contributed by atoms with van der Waals surface area (Å²) in [5.41, 5.74) is 2.91. The van der Waals surface area contributed by atoms with E-state index in [1.165, 1.54) is 5.56 Å². The number of ether oxygens (including phenoxy) is 1. The van der Waals surface area contributed by atoms with E-state index in [9.17, 15) is 0 Å². The molecule has 3 aliphatic rings. The molecule has 1 aromatic carbocycles. The predicted octanol–water partition coefficient (Wildman–Crippen LogP) is 5.25. The van der Waals surface area contributed by atoms with Crippen molar-refractivity contribution >= 4 is 0 Å². The summed E-state index contributed by atoms with van der Waals surface area (Å²) in [6.07, 6.45) is 10.1. The van der Waals surface area contributed by atoms with Gasteiger partial charge < -0.3 is 4.74 Å². The molecule has 0 amide bonds. The van der Waals surface area contributed by atoms with Crippen LogP contribution in [0.15, 0.2) is 73.1 Å². The Morgan fingerprint density at radius 3 is 2.77 bits per heavy atom. The Morgan fingerprint density at radius 2 is 2.00 bits per heavy atom. The second-order valence-corrected chi connectivity index (χ2v) is 6.73. The highest BCUT2D eigenvalue weighted by atomic mass is 16.5. The Bertz CT molecular complexity index is 694. The number of fused-ring (bicyclic) bond motifs is 3. The molecular weight excluding hydrogens is 268 g/mol. The number of hydrogen-bond acceptors (Lipinski definition) is 1. The van der Waals surface area contributed by atoms with Gasteiger partial charge >= 0.3 is 0 Å². The Balaban J connectivity index is 1.80. The molecule has 0 saturated heterocycles. The van der Waals surface area contributed by atoms with Crippen LogP contribution in [0.25, 0.3) is 0 Å². The molecule has 1 aliphatic heterocycles. The lowest BCUT2D eigenvalue weighted by Crippen LogP contribution is -2.49. The molecule has 2 aliphatic carbocycles. The van der Waals surface area contributed by atoms with E-state index >= 15 is 0 Å². The van der Waals surface area contributed by atoms with Crippen molar-refractivity contribution in [2.24, 2.45) is 23.7 Å². The van der Waals surface area contributed by atoms with E-state index in [0.717, 1.165) is 17.9 Å². The van der Waals surface area contributed by atoms with Gasteiger partial charge in [-0.2, -0.15) is 0 Å². The highest BCUT2D eigenvalue weighted by Gasteiger charge is 2.55. The normalized spacial score (nSPS) is 35.6. The summed E-state index contributed by atoms with van der Waals surface area (Å²) in [6.45, 7) is 10.6. The van der Waals surface area contributed by atoms with Crippen LogP contribution in [-0.4, -0.2) is 0 Å². The Kier molecular flexibility index (Phi) is 3.11. The second-order valence-electron chi connectivity index (χ2n) is 6.73. The van der Waals surface area contributed by atoms with E-state index in [0.29, 0.717) is 29.6 Å². The van der Waals surface area contributed by atoms with Crippen LogP contribution in [0.1, 0.15) is 24.8 Å². The Labute approximate surface area is 132 Å². The van der Waals surface area contributed by atoms with Gasteiger partial charge in [-0.3, -0.25) is 0 Å². The minimum Gasteiger partial charge on any atom is -0.462 e. The van der Waals surface area contributed by atoms with E-state index in [2.05, 4.69) is 62.6 Å². The van der Waals surface area contributed by atoms with Crippen molar-refractivity contribution in [2.75, 3.05) is 0 Å². The molecule has 0 N–H and O–H groups in total. The summed E-state index contributed by atoms with van der Waals surface area (Å²) in [6, 6.07) is 8.43. The summed E-state index contributed by atoms with van der Waals surface area (Å²) in [5.74, 6) is 4.33. The fraction of sp³-hybridized carbons (Fsp3) is 0.333. The zero-order chi connectivity index (χ0) is 15.3. The van der Waals surface area contributed by atoms with Crippen molar-refractivity contribution < 1.29 is 4.74 Å². The first-order valence-corrected chi connectivity index (χ1v) is 8.17. The molecule has 3 unspecified atom stereocenters. The molecule has 1 nitrogen and oxygen atoms in total. The summed E-state index contributed by atoms with van der Waals surface area (Å²) in [7, 11) is 0. The minimum atomic E-state index is 0.372. The van der Waals surface area contributed by atoms with Gasteiger partial charge in [0, 0.05) is 11.8 Å². The average Bonchev–Trinajstić information content (AvgIpc) is 2.50. The first-order chi connectivity index (χ1) is 10.7. The van der Waals surface area contributed by atoms with Gasteiger partial charge in [0.25, 0.3) is 0 Å². The van der Waals surface area contributed by atoms with Crippen LogP contribution in [0.3, 0.4) is 0 Å². The molecular formula is C21H22O. The smallest absolute Gasteiger partial charge is 0.130 e. The molecule has 1 aromatic rings. The largest absolute Gasteiger partial charge is 0.462 e. The lowest BCUT2D eigenvalue weighted by atomic mass is 9.49. The second kappa shape index (κ2) is 5.01. The topological polar surface area (TPSA) is 9.23 Å². The van der Waals surface area contributed by atoms with Gasteiger partial charge in [0.1, 0.15) is 11.5 Å². The van der Waals surface area contributed by atoms with Crippen LogP contribution in [0.2, 0.25) is 0 Å². The average molecular weight is 290 g/mol. The van der Waals surface area contributed by atoms with Crippen molar-refractivity contribution in [3.8, 4) is 5.75 Å². The molecule has 1 fully saturated rings. The van der Waals surface area contributed by atoms with Crippen molar-refractivity contribution in [3.05, 3.63) is 78.6 Å². The van der Waals surface area contributed by atoms with Gasteiger partial charge in [0.2, 0.25) is 0 Å². The zero-order valence-electron chi connectivity index (χ0n) is 13.0. The predicted molar refractivity (Wildman–Crippen MR) is 90.6 cm³/mol. The van der Waals surface area contributed by atoms with E-state index in [-0.39, 0.29) is 0 Å². The van der Waals surface area contributed by atoms with Gasteiger partial charge in [0.15, 0.2) is 0 Å². The summed E-state index contributed by atoms with van der Waals surface area (Å²) in [4.78, 5) is 0. The molecule has 1 saturated carbocycles. The van der Waals surface area contributed by atoms with Gasteiger partial charge in [-0.05, 0) is 35.8 Å². The summed E-state index contributed by atoms with van der Waals surface area (Å²) < 4.78 is 5.98. The maximum Gasteiger partial charge on any atom is 0.130 e. The van der Waals surface area contributed by atoms with Gasteiger partial charge in [-0.1, -0.05) is 61.6 Å². The molecule has 0 spiro atoms. The molecule has 22 heavy (non-hydrogen) atoms. The van der Waals surface area contributed by atoms with E-state index in [4.69, 9.17) is 4.74 Å². The Morgan fingerprint density at radius 1 is 1.18 bits per heavy atom. The summed E-state index contributed by atoms with van der Waals surface area (Å²) >= 11 is 0. The molecule has 1 heterocycles. The maximum absolute atomic E-state index is 5.98.